The molecule has 1 aromatic rings. The minimum Gasteiger partial charge on any atom is -0.330 e. The molecule has 2 N–H and O–H groups in total. The zero-order valence-corrected chi connectivity index (χ0v) is 8.22. The molecule has 13 heavy (non-hydrogen) atoms. The van der Waals surface area contributed by atoms with Gasteiger partial charge in [-0.1, -0.05) is 23.8 Å². The number of hydrogen-bond acceptors (Lipinski definition) is 1. The van der Waals surface area contributed by atoms with E-state index in [9.17, 15) is 0 Å². The number of fused-ring (bicyclic) bond motifs is 1. The van der Waals surface area contributed by atoms with Crippen LogP contribution in [0.3, 0.4) is 0 Å². The first-order valence-corrected chi connectivity index (χ1v) is 5.11. The van der Waals surface area contributed by atoms with Crippen molar-refractivity contribution in [1.29, 1.82) is 0 Å². The molecule has 1 atom stereocenters. The van der Waals surface area contributed by atoms with Gasteiger partial charge in [0.25, 0.3) is 0 Å². The Kier molecular flexibility index (Phi) is 2.36. The summed E-state index contributed by atoms with van der Waals surface area (Å²) in [4.78, 5) is 0. The van der Waals surface area contributed by atoms with Crippen LogP contribution in [0.4, 0.5) is 0 Å². The van der Waals surface area contributed by atoms with E-state index in [1.165, 1.54) is 18.4 Å². The van der Waals surface area contributed by atoms with Crippen LogP contribution < -0.4 is 5.73 Å². The third kappa shape index (κ3) is 1.61. The molecule has 0 heterocycles. The molecule has 0 aromatic heterocycles. The lowest BCUT2D eigenvalue weighted by molar-refractivity contribution is 0.627. The molecule has 0 saturated carbocycles. The van der Waals surface area contributed by atoms with E-state index in [1.807, 2.05) is 0 Å². The summed E-state index contributed by atoms with van der Waals surface area (Å²) >= 11 is 0. The van der Waals surface area contributed by atoms with Crippen molar-refractivity contribution in [2.24, 2.45) is 5.73 Å². The van der Waals surface area contributed by atoms with Gasteiger partial charge in [-0.15, -0.1) is 0 Å². The maximum Gasteiger partial charge on any atom is -0.00714 e. The molecule has 0 amide bonds. The van der Waals surface area contributed by atoms with Gasteiger partial charge in [0, 0.05) is 0 Å². The maximum atomic E-state index is 5.60. The van der Waals surface area contributed by atoms with Crippen molar-refractivity contribution in [2.45, 2.75) is 32.1 Å². The molecule has 0 aliphatic heterocycles. The summed E-state index contributed by atoms with van der Waals surface area (Å²) in [5, 5.41) is 0. The van der Waals surface area contributed by atoms with Crippen LogP contribution in [0.5, 0.6) is 0 Å². The molecule has 0 fully saturated rings. The summed E-state index contributed by atoms with van der Waals surface area (Å²) in [7, 11) is 0. The van der Waals surface area contributed by atoms with Gasteiger partial charge in [-0.05, 0) is 49.8 Å². The number of hydrogen-bond donors (Lipinski definition) is 1. The minimum atomic E-state index is 0.737. The Morgan fingerprint density at radius 3 is 3.08 bits per heavy atom. The van der Waals surface area contributed by atoms with E-state index >= 15 is 0 Å². The second-order valence-corrected chi connectivity index (χ2v) is 4.02. The predicted octanol–water partition coefficient (Wildman–Crippen LogP) is 2.37. The van der Waals surface area contributed by atoms with Crippen LogP contribution in [0.1, 0.15) is 35.4 Å². The van der Waals surface area contributed by atoms with Crippen molar-refractivity contribution >= 4 is 0 Å². The van der Waals surface area contributed by atoms with E-state index in [-0.39, 0.29) is 0 Å². The summed E-state index contributed by atoms with van der Waals surface area (Å²) in [6, 6.07) is 6.83. The smallest absolute Gasteiger partial charge is 0.00714 e. The lowest BCUT2D eigenvalue weighted by Crippen LogP contribution is -2.04. The highest BCUT2D eigenvalue weighted by Crippen LogP contribution is 2.35. The molecule has 0 spiro atoms. The zero-order chi connectivity index (χ0) is 9.26. The molecule has 1 unspecified atom stereocenters. The third-order valence-corrected chi connectivity index (χ3v) is 3.02. The molecule has 0 bridgehead atoms. The molecular formula is C12H17N. The average Bonchev–Trinajstić information content (AvgIpc) is 2.49. The molecule has 2 rings (SSSR count). The molecule has 1 aromatic carbocycles. The van der Waals surface area contributed by atoms with Crippen molar-refractivity contribution in [3.05, 3.63) is 34.9 Å². The topological polar surface area (TPSA) is 26.0 Å². The van der Waals surface area contributed by atoms with Gasteiger partial charge in [0.05, 0.1) is 0 Å². The first kappa shape index (κ1) is 8.76. The summed E-state index contributed by atoms with van der Waals surface area (Å²) in [6.45, 7) is 2.98. The number of nitrogens with two attached hydrogens (primary N) is 1. The molecule has 1 aliphatic rings. The van der Waals surface area contributed by atoms with Gasteiger partial charge in [-0.2, -0.15) is 0 Å². The van der Waals surface area contributed by atoms with Gasteiger partial charge in [0.2, 0.25) is 0 Å². The monoisotopic (exact) mass is 175 g/mol. The first-order valence-electron chi connectivity index (χ1n) is 5.11. The Morgan fingerprint density at radius 2 is 2.31 bits per heavy atom. The average molecular weight is 175 g/mol. The lowest BCUT2D eigenvalue weighted by Gasteiger charge is -2.09. The highest BCUT2D eigenvalue weighted by atomic mass is 14.5. The van der Waals surface area contributed by atoms with Crippen LogP contribution in [-0.4, -0.2) is 6.54 Å². The van der Waals surface area contributed by atoms with E-state index in [4.69, 9.17) is 5.73 Å². The Labute approximate surface area is 80.0 Å². The summed E-state index contributed by atoms with van der Waals surface area (Å²) in [5.74, 6) is 0.737. The van der Waals surface area contributed by atoms with Crippen LogP contribution in [0.15, 0.2) is 18.2 Å². The van der Waals surface area contributed by atoms with Gasteiger partial charge >= 0.3 is 0 Å². The first-order chi connectivity index (χ1) is 6.31. The van der Waals surface area contributed by atoms with Gasteiger partial charge < -0.3 is 5.73 Å². The zero-order valence-electron chi connectivity index (χ0n) is 8.22. The Morgan fingerprint density at radius 1 is 1.46 bits per heavy atom. The SMILES string of the molecule is Cc1ccc2c(c1)CCC2CCN. The molecule has 70 valence electrons. The lowest BCUT2D eigenvalue weighted by atomic mass is 9.97. The number of rotatable bonds is 2. The fourth-order valence-corrected chi connectivity index (χ4v) is 2.34. The maximum absolute atomic E-state index is 5.60. The van der Waals surface area contributed by atoms with Crippen LogP contribution in [0.2, 0.25) is 0 Å². The largest absolute Gasteiger partial charge is 0.330 e. The summed E-state index contributed by atoms with van der Waals surface area (Å²) in [5.41, 5.74) is 10.1. The van der Waals surface area contributed by atoms with Crippen molar-refractivity contribution in [3.8, 4) is 0 Å². The Hall–Kier alpha value is -0.820. The van der Waals surface area contributed by atoms with Crippen LogP contribution >= 0.6 is 0 Å². The molecular weight excluding hydrogens is 158 g/mol. The number of aryl methyl sites for hydroxylation is 2. The Bertz CT molecular complexity index is 304. The highest BCUT2D eigenvalue weighted by Gasteiger charge is 2.20. The highest BCUT2D eigenvalue weighted by molar-refractivity contribution is 5.37. The summed E-state index contributed by atoms with van der Waals surface area (Å²) < 4.78 is 0. The van der Waals surface area contributed by atoms with E-state index in [0.29, 0.717) is 0 Å². The van der Waals surface area contributed by atoms with E-state index < -0.39 is 0 Å². The van der Waals surface area contributed by atoms with E-state index in [1.54, 1.807) is 11.1 Å². The van der Waals surface area contributed by atoms with Gasteiger partial charge in [-0.25, -0.2) is 0 Å². The van der Waals surface area contributed by atoms with Crippen LogP contribution in [0, 0.1) is 6.92 Å². The fourth-order valence-electron chi connectivity index (χ4n) is 2.34. The minimum absolute atomic E-state index is 0.737. The standard InChI is InChI=1S/C12H17N/c1-9-2-5-12-10(6-7-13)3-4-11(12)8-9/h2,5,8,10H,3-4,6-7,13H2,1H3. The molecule has 1 heteroatoms. The second-order valence-electron chi connectivity index (χ2n) is 4.02. The van der Waals surface area contributed by atoms with Crippen molar-refractivity contribution < 1.29 is 0 Å². The van der Waals surface area contributed by atoms with Crippen molar-refractivity contribution in [1.82, 2.24) is 0 Å². The fraction of sp³-hybridized carbons (Fsp3) is 0.500. The predicted molar refractivity (Wildman–Crippen MR) is 55.9 cm³/mol. The molecule has 0 saturated heterocycles. The molecule has 1 nitrogen and oxygen atoms in total. The van der Waals surface area contributed by atoms with Gasteiger partial charge in [0.1, 0.15) is 0 Å². The van der Waals surface area contributed by atoms with Gasteiger partial charge in [-0.3, -0.25) is 0 Å². The third-order valence-electron chi connectivity index (χ3n) is 3.02. The van der Waals surface area contributed by atoms with Crippen LogP contribution in [-0.2, 0) is 6.42 Å². The van der Waals surface area contributed by atoms with Crippen molar-refractivity contribution in [3.63, 3.8) is 0 Å². The second kappa shape index (κ2) is 3.51. The van der Waals surface area contributed by atoms with Crippen LogP contribution in [0.25, 0.3) is 0 Å². The molecule has 0 radical (unpaired) electrons. The molecule has 1 aliphatic carbocycles. The summed E-state index contributed by atoms with van der Waals surface area (Å²) in [6.07, 6.45) is 3.70. The van der Waals surface area contributed by atoms with Crippen molar-refractivity contribution in [2.75, 3.05) is 6.54 Å². The quantitative estimate of drug-likeness (QED) is 0.733. The van der Waals surface area contributed by atoms with E-state index in [2.05, 4.69) is 25.1 Å². The Balaban J connectivity index is 2.27. The normalized spacial score (nSPS) is 20.3. The van der Waals surface area contributed by atoms with Gasteiger partial charge in [0.15, 0.2) is 0 Å². The number of benzene rings is 1. The van der Waals surface area contributed by atoms with E-state index in [0.717, 1.165) is 18.9 Å².